The molecule has 1 rings (SSSR count). The Hall–Kier alpha value is -1.01. The molecule has 0 aromatic rings. The van der Waals surface area contributed by atoms with Gasteiger partial charge in [-0.05, 0) is 18.9 Å². The molecule has 1 saturated heterocycles. The summed E-state index contributed by atoms with van der Waals surface area (Å²) in [6.45, 7) is 0.788. The van der Waals surface area contributed by atoms with Gasteiger partial charge in [0, 0.05) is 6.42 Å². The predicted octanol–water partition coefficient (Wildman–Crippen LogP) is 1.96. The fourth-order valence-electron chi connectivity index (χ4n) is 1.06. The summed E-state index contributed by atoms with van der Waals surface area (Å²) >= 11 is 0. The molecule has 1 aliphatic heterocycles. The minimum atomic E-state index is -0.0892. The average molecular weight is 167 g/mol. The SMILES string of the molecule is N#CC/C=C/OC1CCCCO1. The molecule has 0 bridgehead atoms. The Labute approximate surface area is 72.6 Å². The molecule has 0 amide bonds. The largest absolute Gasteiger partial charge is 0.473 e. The molecule has 0 aromatic heterocycles. The molecular weight excluding hydrogens is 154 g/mol. The van der Waals surface area contributed by atoms with Crippen LogP contribution in [0.3, 0.4) is 0 Å². The van der Waals surface area contributed by atoms with Crippen LogP contribution in [0, 0.1) is 11.3 Å². The Morgan fingerprint density at radius 1 is 1.58 bits per heavy atom. The zero-order chi connectivity index (χ0) is 8.65. The van der Waals surface area contributed by atoms with Crippen molar-refractivity contribution in [2.24, 2.45) is 0 Å². The van der Waals surface area contributed by atoms with Gasteiger partial charge in [-0.15, -0.1) is 0 Å². The molecule has 1 unspecified atom stereocenters. The van der Waals surface area contributed by atoms with Crippen molar-refractivity contribution < 1.29 is 9.47 Å². The van der Waals surface area contributed by atoms with Gasteiger partial charge in [0.15, 0.2) is 6.29 Å². The highest BCUT2D eigenvalue weighted by Gasteiger charge is 2.12. The standard InChI is InChI=1S/C9H13NO2/c10-6-2-4-8-12-9-5-1-3-7-11-9/h4,8-9H,1-3,5,7H2/b8-4+. The van der Waals surface area contributed by atoms with Crippen LogP contribution in [0.25, 0.3) is 0 Å². The summed E-state index contributed by atoms with van der Waals surface area (Å²) in [4.78, 5) is 0. The summed E-state index contributed by atoms with van der Waals surface area (Å²) in [7, 11) is 0. The van der Waals surface area contributed by atoms with Crippen molar-refractivity contribution in [2.45, 2.75) is 32.0 Å². The minimum absolute atomic E-state index is 0.0892. The van der Waals surface area contributed by atoms with Gasteiger partial charge in [0.2, 0.25) is 0 Å². The lowest BCUT2D eigenvalue weighted by Crippen LogP contribution is -2.19. The highest BCUT2D eigenvalue weighted by molar-refractivity contribution is 4.86. The number of allylic oxidation sites excluding steroid dienone is 1. The lowest BCUT2D eigenvalue weighted by Gasteiger charge is -2.21. The van der Waals surface area contributed by atoms with Crippen LogP contribution in [0.15, 0.2) is 12.3 Å². The van der Waals surface area contributed by atoms with E-state index in [0.717, 1.165) is 25.9 Å². The van der Waals surface area contributed by atoms with Crippen molar-refractivity contribution in [3.8, 4) is 6.07 Å². The first kappa shape index (κ1) is 9.08. The van der Waals surface area contributed by atoms with E-state index in [2.05, 4.69) is 0 Å². The van der Waals surface area contributed by atoms with E-state index < -0.39 is 0 Å². The molecule has 0 N–H and O–H groups in total. The molecule has 0 aliphatic carbocycles. The number of hydrogen-bond donors (Lipinski definition) is 0. The van der Waals surface area contributed by atoms with Gasteiger partial charge in [-0.25, -0.2) is 0 Å². The van der Waals surface area contributed by atoms with Crippen molar-refractivity contribution in [1.82, 2.24) is 0 Å². The number of nitriles is 1. The van der Waals surface area contributed by atoms with E-state index in [9.17, 15) is 0 Å². The van der Waals surface area contributed by atoms with Gasteiger partial charge < -0.3 is 9.47 Å². The smallest absolute Gasteiger partial charge is 0.198 e. The number of ether oxygens (including phenoxy) is 2. The Kier molecular flexibility index (Phi) is 4.25. The fourth-order valence-corrected chi connectivity index (χ4v) is 1.06. The van der Waals surface area contributed by atoms with Gasteiger partial charge in [0.05, 0.1) is 25.4 Å². The van der Waals surface area contributed by atoms with E-state index in [1.807, 2.05) is 6.07 Å². The second-order valence-corrected chi connectivity index (χ2v) is 2.67. The van der Waals surface area contributed by atoms with Crippen LogP contribution in [-0.4, -0.2) is 12.9 Å². The number of nitrogens with zero attached hydrogens (tertiary/aromatic N) is 1. The zero-order valence-electron chi connectivity index (χ0n) is 7.03. The summed E-state index contributed by atoms with van der Waals surface area (Å²) in [5.74, 6) is 0. The quantitative estimate of drug-likeness (QED) is 0.603. The van der Waals surface area contributed by atoms with E-state index in [0.29, 0.717) is 6.42 Å². The Morgan fingerprint density at radius 3 is 3.17 bits per heavy atom. The first-order valence-electron chi connectivity index (χ1n) is 4.22. The summed E-state index contributed by atoms with van der Waals surface area (Å²) in [5.41, 5.74) is 0. The monoisotopic (exact) mass is 167 g/mol. The highest BCUT2D eigenvalue weighted by atomic mass is 16.7. The summed E-state index contributed by atoms with van der Waals surface area (Å²) in [6.07, 6.45) is 6.80. The second-order valence-electron chi connectivity index (χ2n) is 2.67. The van der Waals surface area contributed by atoms with Crippen molar-refractivity contribution in [3.05, 3.63) is 12.3 Å². The zero-order valence-corrected chi connectivity index (χ0v) is 7.03. The van der Waals surface area contributed by atoms with Crippen LogP contribution >= 0.6 is 0 Å². The maximum absolute atomic E-state index is 8.22. The predicted molar refractivity (Wildman–Crippen MR) is 44.0 cm³/mol. The van der Waals surface area contributed by atoms with Crippen LogP contribution in [0.1, 0.15) is 25.7 Å². The van der Waals surface area contributed by atoms with E-state index in [4.69, 9.17) is 14.7 Å². The molecule has 0 spiro atoms. The molecule has 1 atom stereocenters. The van der Waals surface area contributed by atoms with Crippen LogP contribution in [-0.2, 0) is 9.47 Å². The number of rotatable bonds is 3. The van der Waals surface area contributed by atoms with E-state index >= 15 is 0 Å². The van der Waals surface area contributed by atoms with Crippen molar-refractivity contribution in [2.75, 3.05) is 6.61 Å². The third-order valence-electron chi connectivity index (χ3n) is 1.67. The van der Waals surface area contributed by atoms with Crippen molar-refractivity contribution >= 4 is 0 Å². The average Bonchev–Trinajstić information content (AvgIpc) is 2.14. The van der Waals surface area contributed by atoms with Gasteiger partial charge in [-0.2, -0.15) is 5.26 Å². The minimum Gasteiger partial charge on any atom is -0.473 e. The highest BCUT2D eigenvalue weighted by Crippen LogP contribution is 2.13. The van der Waals surface area contributed by atoms with Gasteiger partial charge in [-0.1, -0.05) is 0 Å². The van der Waals surface area contributed by atoms with Crippen LogP contribution in [0.2, 0.25) is 0 Å². The molecule has 1 heterocycles. The maximum Gasteiger partial charge on any atom is 0.198 e. The fraction of sp³-hybridized carbons (Fsp3) is 0.667. The van der Waals surface area contributed by atoms with Gasteiger partial charge in [-0.3, -0.25) is 0 Å². The first-order valence-corrected chi connectivity index (χ1v) is 4.22. The van der Waals surface area contributed by atoms with Gasteiger partial charge in [0.1, 0.15) is 0 Å². The topological polar surface area (TPSA) is 42.2 Å². The lowest BCUT2D eigenvalue weighted by molar-refractivity contribution is -0.129. The third-order valence-corrected chi connectivity index (χ3v) is 1.67. The Balaban J connectivity index is 2.09. The molecule has 0 saturated carbocycles. The lowest BCUT2D eigenvalue weighted by atomic mass is 10.2. The Bertz CT molecular complexity index is 177. The normalized spacial score (nSPS) is 23.8. The van der Waals surface area contributed by atoms with Crippen LogP contribution in [0.4, 0.5) is 0 Å². The van der Waals surface area contributed by atoms with Gasteiger partial charge in [0.25, 0.3) is 0 Å². The molecule has 66 valence electrons. The van der Waals surface area contributed by atoms with E-state index in [1.165, 1.54) is 0 Å². The molecular formula is C9H13NO2. The van der Waals surface area contributed by atoms with Crippen molar-refractivity contribution in [3.63, 3.8) is 0 Å². The maximum atomic E-state index is 8.22. The molecule has 3 heteroatoms. The first-order chi connectivity index (χ1) is 5.93. The molecule has 0 radical (unpaired) electrons. The Morgan fingerprint density at radius 2 is 2.50 bits per heavy atom. The molecule has 1 aliphatic rings. The molecule has 3 nitrogen and oxygen atoms in total. The van der Waals surface area contributed by atoms with Crippen LogP contribution < -0.4 is 0 Å². The molecule has 12 heavy (non-hydrogen) atoms. The molecule has 1 fully saturated rings. The second kappa shape index (κ2) is 5.62. The number of hydrogen-bond acceptors (Lipinski definition) is 3. The molecule has 0 aromatic carbocycles. The van der Waals surface area contributed by atoms with Crippen LogP contribution in [0.5, 0.6) is 0 Å². The van der Waals surface area contributed by atoms with Gasteiger partial charge >= 0.3 is 0 Å². The third kappa shape index (κ3) is 3.40. The van der Waals surface area contributed by atoms with Crippen molar-refractivity contribution in [1.29, 1.82) is 5.26 Å². The van der Waals surface area contributed by atoms with E-state index in [1.54, 1.807) is 12.3 Å². The summed E-state index contributed by atoms with van der Waals surface area (Å²) in [5, 5.41) is 8.22. The summed E-state index contributed by atoms with van der Waals surface area (Å²) in [6, 6.07) is 2.00. The van der Waals surface area contributed by atoms with E-state index in [-0.39, 0.29) is 6.29 Å². The summed E-state index contributed by atoms with van der Waals surface area (Å²) < 4.78 is 10.5.